The SMILES string of the molecule is CCS/C(=C\C=C(/SCC)c1ccc(OC)cc1)c1ccc(OC)cc1. The molecule has 0 aliphatic heterocycles. The Morgan fingerprint density at radius 2 is 1.04 bits per heavy atom. The van der Waals surface area contributed by atoms with Crippen molar-refractivity contribution in [1.29, 1.82) is 0 Å². The number of ether oxygens (including phenoxy) is 2. The second kappa shape index (κ2) is 11.0. The van der Waals surface area contributed by atoms with Crippen LogP contribution in [0.4, 0.5) is 0 Å². The monoisotopic (exact) mass is 386 g/mol. The van der Waals surface area contributed by atoms with Crippen LogP contribution in [-0.4, -0.2) is 25.7 Å². The summed E-state index contributed by atoms with van der Waals surface area (Å²) in [5.41, 5.74) is 2.42. The predicted molar refractivity (Wildman–Crippen MR) is 118 cm³/mol. The molecule has 0 unspecified atom stereocenters. The summed E-state index contributed by atoms with van der Waals surface area (Å²) in [5, 5.41) is 0. The molecule has 0 fully saturated rings. The van der Waals surface area contributed by atoms with Crippen LogP contribution in [0.2, 0.25) is 0 Å². The Kier molecular flexibility index (Phi) is 8.72. The highest BCUT2D eigenvalue weighted by Crippen LogP contribution is 2.32. The van der Waals surface area contributed by atoms with Gasteiger partial charge in [0, 0.05) is 9.81 Å². The summed E-state index contributed by atoms with van der Waals surface area (Å²) in [5.74, 6) is 3.82. The number of allylic oxidation sites excluding steroid dienone is 2. The Morgan fingerprint density at radius 1 is 0.692 bits per heavy atom. The number of benzene rings is 2. The largest absolute Gasteiger partial charge is 0.497 e. The molecule has 0 amide bonds. The van der Waals surface area contributed by atoms with Crippen LogP contribution in [-0.2, 0) is 0 Å². The van der Waals surface area contributed by atoms with Crippen LogP contribution < -0.4 is 9.47 Å². The predicted octanol–water partition coefficient (Wildman–Crippen LogP) is 6.59. The molecule has 26 heavy (non-hydrogen) atoms. The van der Waals surface area contributed by atoms with E-state index in [0.717, 1.165) is 23.0 Å². The molecule has 2 rings (SSSR count). The first-order valence-electron chi connectivity index (χ1n) is 8.68. The molecular weight excluding hydrogens is 360 g/mol. The van der Waals surface area contributed by atoms with Crippen molar-refractivity contribution >= 4 is 33.3 Å². The Morgan fingerprint density at radius 3 is 1.31 bits per heavy atom. The van der Waals surface area contributed by atoms with Gasteiger partial charge in [-0.1, -0.05) is 38.1 Å². The van der Waals surface area contributed by atoms with Crippen molar-refractivity contribution in [3.8, 4) is 11.5 Å². The number of methoxy groups -OCH3 is 2. The van der Waals surface area contributed by atoms with Crippen molar-refractivity contribution in [2.45, 2.75) is 13.8 Å². The minimum absolute atomic E-state index is 0.880. The van der Waals surface area contributed by atoms with Gasteiger partial charge in [0.15, 0.2) is 0 Å². The van der Waals surface area contributed by atoms with Gasteiger partial charge in [-0.15, -0.1) is 23.5 Å². The van der Waals surface area contributed by atoms with Gasteiger partial charge in [0.25, 0.3) is 0 Å². The maximum Gasteiger partial charge on any atom is 0.118 e. The van der Waals surface area contributed by atoms with Gasteiger partial charge in [-0.2, -0.15) is 0 Å². The van der Waals surface area contributed by atoms with E-state index in [2.05, 4.69) is 50.3 Å². The van der Waals surface area contributed by atoms with Gasteiger partial charge in [0.2, 0.25) is 0 Å². The lowest BCUT2D eigenvalue weighted by atomic mass is 10.1. The van der Waals surface area contributed by atoms with E-state index in [-0.39, 0.29) is 0 Å². The molecule has 0 aromatic heterocycles. The zero-order chi connectivity index (χ0) is 18.8. The molecule has 0 saturated carbocycles. The summed E-state index contributed by atoms with van der Waals surface area (Å²) >= 11 is 3.70. The third-order valence-electron chi connectivity index (χ3n) is 3.73. The highest BCUT2D eigenvalue weighted by Gasteiger charge is 2.04. The highest BCUT2D eigenvalue weighted by atomic mass is 32.2. The fourth-order valence-corrected chi connectivity index (χ4v) is 3.98. The van der Waals surface area contributed by atoms with Crippen LogP contribution >= 0.6 is 23.5 Å². The standard InChI is InChI=1S/C22H26O2S2/c1-5-25-21(17-7-11-19(23-3)12-8-17)15-16-22(26-6-2)18-9-13-20(24-4)14-10-18/h7-16H,5-6H2,1-4H3/b21-15-,22-16-. The molecule has 2 aromatic rings. The summed E-state index contributed by atoms with van der Waals surface area (Å²) in [6.07, 6.45) is 4.44. The van der Waals surface area contributed by atoms with Crippen molar-refractivity contribution in [2.24, 2.45) is 0 Å². The Hall–Kier alpha value is -1.78. The van der Waals surface area contributed by atoms with Crippen molar-refractivity contribution in [3.05, 3.63) is 71.8 Å². The van der Waals surface area contributed by atoms with E-state index >= 15 is 0 Å². The summed E-state index contributed by atoms with van der Waals surface area (Å²) in [6.45, 7) is 4.36. The molecule has 0 spiro atoms. The first kappa shape index (κ1) is 20.5. The van der Waals surface area contributed by atoms with E-state index in [1.165, 1.54) is 20.9 Å². The summed E-state index contributed by atoms with van der Waals surface area (Å²) < 4.78 is 10.5. The molecule has 4 heteroatoms. The summed E-state index contributed by atoms with van der Waals surface area (Å²) in [4.78, 5) is 2.52. The van der Waals surface area contributed by atoms with Crippen LogP contribution in [0.25, 0.3) is 9.81 Å². The molecule has 2 aromatic carbocycles. The van der Waals surface area contributed by atoms with E-state index in [1.807, 2.05) is 47.8 Å². The maximum atomic E-state index is 5.26. The van der Waals surface area contributed by atoms with Crippen molar-refractivity contribution in [2.75, 3.05) is 25.7 Å². The van der Waals surface area contributed by atoms with Gasteiger partial charge in [0.1, 0.15) is 11.5 Å². The molecule has 0 bridgehead atoms. The summed E-state index contributed by atoms with van der Waals surface area (Å²) in [6, 6.07) is 16.5. The number of rotatable bonds is 9. The van der Waals surface area contributed by atoms with Gasteiger partial charge >= 0.3 is 0 Å². The highest BCUT2D eigenvalue weighted by molar-refractivity contribution is 8.08. The quantitative estimate of drug-likeness (QED) is 0.452. The van der Waals surface area contributed by atoms with Crippen LogP contribution in [0.15, 0.2) is 60.7 Å². The zero-order valence-electron chi connectivity index (χ0n) is 15.8. The van der Waals surface area contributed by atoms with E-state index < -0.39 is 0 Å². The number of hydrogen-bond acceptors (Lipinski definition) is 4. The van der Waals surface area contributed by atoms with Gasteiger partial charge in [-0.05, 0) is 59.1 Å². The van der Waals surface area contributed by atoms with E-state index in [0.29, 0.717) is 0 Å². The Labute approximate surface area is 165 Å². The first-order valence-corrected chi connectivity index (χ1v) is 10.6. The average molecular weight is 387 g/mol. The Balaban J connectivity index is 2.33. The minimum Gasteiger partial charge on any atom is -0.497 e. The van der Waals surface area contributed by atoms with Crippen LogP contribution in [0.5, 0.6) is 11.5 Å². The molecule has 0 radical (unpaired) electrons. The number of thioether (sulfide) groups is 2. The first-order chi connectivity index (χ1) is 12.7. The van der Waals surface area contributed by atoms with Crippen molar-refractivity contribution in [1.82, 2.24) is 0 Å². The van der Waals surface area contributed by atoms with Gasteiger partial charge in [-0.25, -0.2) is 0 Å². The topological polar surface area (TPSA) is 18.5 Å². The molecule has 2 nitrogen and oxygen atoms in total. The maximum absolute atomic E-state index is 5.26. The molecule has 0 aliphatic carbocycles. The molecular formula is C22H26O2S2. The molecule has 0 atom stereocenters. The fourth-order valence-electron chi connectivity index (χ4n) is 2.43. The molecule has 0 N–H and O–H groups in total. The third kappa shape index (κ3) is 5.89. The lowest BCUT2D eigenvalue weighted by Crippen LogP contribution is -1.86. The lowest BCUT2D eigenvalue weighted by molar-refractivity contribution is 0.414. The van der Waals surface area contributed by atoms with E-state index in [9.17, 15) is 0 Å². The van der Waals surface area contributed by atoms with Crippen molar-refractivity contribution in [3.63, 3.8) is 0 Å². The molecule has 0 heterocycles. The second-order valence-electron chi connectivity index (χ2n) is 5.38. The van der Waals surface area contributed by atoms with Crippen LogP contribution in [0, 0.1) is 0 Å². The van der Waals surface area contributed by atoms with Crippen LogP contribution in [0.3, 0.4) is 0 Å². The van der Waals surface area contributed by atoms with Gasteiger partial charge < -0.3 is 9.47 Å². The van der Waals surface area contributed by atoms with Crippen molar-refractivity contribution < 1.29 is 9.47 Å². The average Bonchev–Trinajstić information content (AvgIpc) is 2.70. The third-order valence-corrected chi connectivity index (χ3v) is 5.68. The minimum atomic E-state index is 0.880. The van der Waals surface area contributed by atoms with E-state index in [1.54, 1.807) is 14.2 Å². The van der Waals surface area contributed by atoms with Gasteiger partial charge in [0.05, 0.1) is 14.2 Å². The molecule has 0 aliphatic rings. The molecule has 138 valence electrons. The zero-order valence-corrected chi connectivity index (χ0v) is 17.5. The van der Waals surface area contributed by atoms with Crippen LogP contribution in [0.1, 0.15) is 25.0 Å². The second-order valence-corrected chi connectivity index (χ2v) is 8.00. The normalized spacial score (nSPS) is 12.2. The Bertz CT molecular complexity index is 666. The fraction of sp³-hybridized carbons (Fsp3) is 0.273. The summed E-state index contributed by atoms with van der Waals surface area (Å²) in [7, 11) is 3.39. The lowest BCUT2D eigenvalue weighted by Gasteiger charge is -2.09. The smallest absolute Gasteiger partial charge is 0.118 e. The number of hydrogen-bond donors (Lipinski definition) is 0. The van der Waals surface area contributed by atoms with Gasteiger partial charge in [-0.3, -0.25) is 0 Å². The molecule has 0 saturated heterocycles. The van der Waals surface area contributed by atoms with E-state index in [4.69, 9.17) is 9.47 Å².